The second kappa shape index (κ2) is 7.71. The van der Waals surface area contributed by atoms with Gasteiger partial charge in [0.1, 0.15) is 0 Å². The highest BCUT2D eigenvalue weighted by atomic mass is 19.4. The van der Waals surface area contributed by atoms with Gasteiger partial charge in [-0.15, -0.1) is 10.2 Å². The lowest BCUT2D eigenvalue weighted by Crippen LogP contribution is -2.12. The van der Waals surface area contributed by atoms with Crippen molar-refractivity contribution in [2.75, 3.05) is 5.32 Å². The number of rotatable bonds is 5. The van der Waals surface area contributed by atoms with Gasteiger partial charge >= 0.3 is 12.1 Å². The maximum absolute atomic E-state index is 12.9. The first-order valence-corrected chi connectivity index (χ1v) is 8.28. The van der Waals surface area contributed by atoms with Crippen LogP contribution in [0.3, 0.4) is 0 Å². The zero-order chi connectivity index (χ0) is 20.3. The highest BCUT2D eigenvalue weighted by molar-refractivity contribution is 5.96. The molecule has 1 N–H and O–H groups in total. The third kappa shape index (κ3) is 4.48. The summed E-state index contributed by atoms with van der Waals surface area (Å²) in [5.41, 5.74) is -0.141. The van der Waals surface area contributed by atoms with E-state index in [0.717, 1.165) is 12.1 Å². The fourth-order valence-corrected chi connectivity index (χ4v) is 2.45. The van der Waals surface area contributed by atoms with Crippen LogP contribution in [0.25, 0.3) is 0 Å². The molecule has 1 atom stereocenters. The topological polar surface area (TPSA) is 77.2 Å². The number of benzene rings is 2. The summed E-state index contributed by atoms with van der Waals surface area (Å²) < 4.78 is 49.3. The monoisotopic (exact) mass is 391 g/mol. The van der Waals surface area contributed by atoms with E-state index in [4.69, 9.17) is 9.15 Å². The SMILES string of the molecule is Cc1nnc(C(C)OC(=O)c2ccccc2Nc2cccc(C(F)(F)F)c2)o1. The number of aryl methyl sites for hydroxylation is 1. The van der Waals surface area contributed by atoms with Crippen LogP contribution in [0.1, 0.15) is 40.7 Å². The van der Waals surface area contributed by atoms with Crippen molar-refractivity contribution >= 4 is 17.3 Å². The van der Waals surface area contributed by atoms with Crippen LogP contribution in [0.15, 0.2) is 52.9 Å². The maximum atomic E-state index is 12.9. The first kappa shape index (κ1) is 19.4. The zero-order valence-corrected chi connectivity index (χ0v) is 14.9. The van der Waals surface area contributed by atoms with Gasteiger partial charge in [0.05, 0.1) is 16.8 Å². The Morgan fingerprint density at radius 1 is 1.14 bits per heavy atom. The minimum Gasteiger partial charge on any atom is -0.449 e. The molecular weight excluding hydrogens is 375 g/mol. The van der Waals surface area contributed by atoms with Crippen LogP contribution < -0.4 is 5.32 Å². The van der Waals surface area contributed by atoms with E-state index in [2.05, 4.69) is 15.5 Å². The molecule has 0 aliphatic rings. The van der Waals surface area contributed by atoms with Gasteiger partial charge in [0.25, 0.3) is 5.89 Å². The Kier molecular flexibility index (Phi) is 5.34. The number of ether oxygens (including phenoxy) is 1. The quantitative estimate of drug-likeness (QED) is 0.613. The molecule has 3 aromatic rings. The number of hydrogen-bond acceptors (Lipinski definition) is 6. The molecule has 28 heavy (non-hydrogen) atoms. The van der Waals surface area contributed by atoms with Gasteiger partial charge in [-0.05, 0) is 37.3 Å². The van der Waals surface area contributed by atoms with Crippen molar-refractivity contribution in [2.24, 2.45) is 0 Å². The summed E-state index contributed by atoms with van der Waals surface area (Å²) in [5, 5.41) is 10.3. The van der Waals surface area contributed by atoms with E-state index in [1.54, 1.807) is 32.0 Å². The molecule has 0 aliphatic carbocycles. The predicted octanol–water partition coefficient (Wildman–Crippen LogP) is 5.06. The highest BCUT2D eigenvalue weighted by Crippen LogP contribution is 2.32. The van der Waals surface area contributed by atoms with E-state index in [9.17, 15) is 18.0 Å². The predicted molar refractivity (Wildman–Crippen MR) is 94.0 cm³/mol. The third-order valence-electron chi connectivity index (χ3n) is 3.79. The lowest BCUT2D eigenvalue weighted by atomic mass is 10.1. The Labute approximate surface area is 158 Å². The number of hydrogen-bond donors (Lipinski definition) is 1. The summed E-state index contributed by atoms with van der Waals surface area (Å²) >= 11 is 0. The molecule has 9 heteroatoms. The molecule has 1 heterocycles. The van der Waals surface area contributed by atoms with E-state index < -0.39 is 23.8 Å². The molecule has 2 aromatic carbocycles. The molecule has 0 saturated carbocycles. The Morgan fingerprint density at radius 2 is 1.89 bits per heavy atom. The van der Waals surface area contributed by atoms with Crippen molar-refractivity contribution in [3.63, 3.8) is 0 Å². The van der Waals surface area contributed by atoms with Crippen molar-refractivity contribution in [1.82, 2.24) is 10.2 Å². The van der Waals surface area contributed by atoms with E-state index in [1.165, 1.54) is 18.2 Å². The average molecular weight is 391 g/mol. The van der Waals surface area contributed by atoms with Crippen molar-refractivity contribution in [3.05, 3.63) is 71.4 Å². The Hall–Kier alpha value is -3.36. The van der Waals surface area contributed by atoms with Gasteiger partial charge in [-0.25, -0.2) is 4.79 Å². The Balaban J connectivity index is 1.80. The summed E-state index contributed by atoms with van der Waals surface area (Å²) in [4.78, 5) is 12.5. The van der Waals surface area contributed by atoms with E-state index >= 15 is 0 Å². The normalized spacial score (nSPS) is 12.5. The smallest absolute Gasteiger partial charge is 0.416 e. The van der Waals surface area contributed by atoms with Crippen molar-refractivity contribution in [3.8, 4) is 0 Å². The molecule has 0 spiro atoms. The molecule has 3 rings (SSSR count). The molecule has 0 amide bonds. The lowest BCUT2D eigenvalue weighted by molar-refractivity contribution is -0.137. The summed E-state index contributed by atoms with van der Waals surface area (Å²) in [6.07, 6.45) is -5.25. The summed E-state index contributed by atoms with van der Waals surface area (Å²) in [7, 11) is 0. The Morgan fingerprint density at radius 3 is 2.57 bits per heavy atom. The van der Waals surface area contributed by atoms with Gasteiger partial charge < -0.3 is 14.5 Å². The van der Waals surface area contributed by atoms with E-state index in [-0.39, 0.29) is 17.1 Å². The second-order valence-corrected chi connectivity index (χ2v) is 5.96. The molecule has 6 nitrogen and oxygen atoms in total. The van der Waals surface area contributed by atoms with Crippen molar-refractivity contribution in [1.29, 1.82) is 0 Å². The fraction of sp³-hybridized carbons (Fsp3) is 0.211. The first-order valence-electron chi connectivity index (χ1n) is 8.28. The van der Waals surface area contributed by atoms with Gasteiger partial charge in [0.15, 0.2) is 6.10 Å². The molecule has 0 aliphatic heterocycles. The first-order chi connectivity index (χ1) is 13.2. The number of para-hydroxylation sites is 1. The number of anilines is 2. The molecular formula is C19H16F3N3O3. The van der Waals surface area contributed by atoms with Gasteiger partial charge in [-0.1, -0.05) is 18.2 Å². The van der Waals surface area contributed by atoms with Crippen molar-refractivity contribution < 1.29 is 27.1 Å². The van der Waals surface area contributed by atoms with Crippen LogP contribution in [0.4, 0.5) is 24.5 Å². The molecule has 1 aromatic heterocycles. The van der Waals surface area contributed by atoms with E-state index in [0.29, 0.717) is 11.6 Å². The van der Waals surface area contributed by atoms with Gasteiger partial charge in [-0.3, -0.25) is 0 Å². The Bertz CT molecular complexity index is 986. The van der Waals surface area contributed by atoms with Crippen LogP contribution >= 0.6 is 0 Å². The number of nitrogens with zero attached hydrogens (tertiary/aromatic N) is 2. The lowest BCUT2D eigenvalue weighted by Gasteiger charge is -2.15. The van der Waals surface area contributed by atoms with Crippen molar-refractivity contribution in [2.45, 2.75) is 26.1 Å². The number of nitrogens with one attached hydrogen (secondary N) is 1. The highest BCUT2D eigenvalue weighted by Gasteiger charge is 2.30. The van der Waals surface area contributed by atoms with Crippen LogP contribution in [-0.4, -0.2) is 16.2 Å². The maximum Gasteiger partial charge on any atom is 0.416 e. The third-order valence-corrected chi connectivity index (χ3v) is 3.79. The average Bonchev–Trinajstić information content (AvgIpc) is 3.08. The molecule has 0 radical (unpaired) electrons. The van der Waals surface area contributed by atoms with Crippen LogP contribution in [0, 0.1) is 6.92 Å². The zero-order valence-electron chi connectivity index (χ0n) is 14.9. The standard InChI is InChI=1S/C19H16F3N3O3/c1-11(17-25-24-12(2)28-17)27-18(26)15-8-3-4-9-16(15)23-14-7-5-6-13(10-14)19(20,21)22/h3-11,23H,1-2H3. The van der Waals surface area contributed by atoms with Gasteiger partial charge in [0.2, 0.25) is 5.89 Å². The van der Waals surface area contributed by atoms with Crippen LogP contribution in [-0.2, 0) is 10.9 Å². The molecule has 1 unspecified atom stereocenters. The molecule has 0 fully saturated rings. The molecule has 0 saturated heterocycles. The summed E-state index contributed by atoms with van der Waals surface area (Å²) in [5.74, 6) is -0.197. The molecule has 0 bridgehead atoms. The van der Waals surface area contributed by atoms with Crippen LogP contribution in [0.2, 0.25) is 0 Å². The summed E-state index contributed by atoms with van der Waals surface area (Å²) in [6.45, 7) is 3.19. The summed E-state index contributed by atoms with van der Waals surface area (Å²) in [6, 6.07) is 11.0. The number of aromatic nitrogens is 2. The minimum absolute atomic E-state index is 0.147. The van der Waals surface area contributed by atoms with Crippen LogP contribution in [0.5, 0.6) is 0 Å². The fourth-order valence-electron chi connectivity index (χ4n) is 2.45. The largest absolute Gasteiger partial charge is 0.449 e. The van der Waals surface area contributed by atoms with Gasteiger partial charge in [-0.2, -0.15) is 13.2 Å². The minimum atomic E-state index is -4.46. The number of alkyl halides is 3. The van der Waals surface area contributed by atoms with E-state index in [1.807, 2.05) is 0 Å². The van der Waals surface area contributed by atoms with Gasteiger partial charge in [0, 0.05) is 12.6 Å². The number of halogens is 3. The number of esters is 1. The number of carbonyl (C=O) groups excluding carboxylic acids is 1. The second-order valence-electron chi connectivity index (χ2n) is 5.96. The molecule has 146 valence electrons. The number of carbonyl (C=O) groups is 1.